The Morgan fingerprint density at radius 1 is 1.00 bits per heavy atom. The molecule has 1 unspecified atom stereocenters. The zero-order valence-electron chi connectivity index (χ0n) is 9.17. The molecule has 0 saturated heterocycles. The van der Waals surface area contributed by atoms with Crippen molar-refractivity contribution < 1.29 is 26.7 Å². The summed E-state index contributed by atoms with van der Waals surface area (Å²) in [5.41, 5.74) is -0.991. The van der Waals surface area contributed by atoms with E-state index >= 15 is 0 Å². The molecule has 0 N–H and O–H groups in total. The van der Waals surface area contributed by atoms with Gasteiger partial charge in [-0.05, 0) is 6.42 Å². The van der Waals surface area contributed by atoms with Gasteiger partial charge in [0.05, 0.1) is 4.83 Å². The van der Waals surface area contributed by atoms with Gasteiger partial charge >= 0.3 is 0 Å². The summed E-state index contributed by atoms with van der Waals surface area (Å²) in [6, 6.07) is 0. The zero-order chi connectivity index (χ0) is 14.0. The summed E-state index contributed by atoms with van der Waals surface area (Å²) in [4.78, 5) is 10.2. The molecule has 7 heteroatoms. The molecule has 1 aromatic carbocycles. The van der Waals surface area contributed by atoms with Crippen LogP contribution in [0.5, 0.6) is 0 Å². The van der Waals surface area contributed by atoms with Gasteiger partial charge in [0.15, 0.2) is 23.3 Å². The molecule has 0 radical (unpaired) electrons. The van der Waals surface area contributed by atoms with Crippen LogP contribution in [0.3, 0.4) is 0 Å². The molecule has 0 heterocycles. The maximum absolute atomic E-state index is 13.3. The minimum Gasteiger partial charge on any atom is -0.298 e. The number of benzene rings is 1. The third-order valence-corrected chi connectivity index (χ3v) is 3.22. The number of ketones is 1. The van der Waals surface area contributed by atoms with Gasteiger partial charge in [0.1, 0.15) is 5.78 Å². The molecule has 0 fully saturated rings. The van der Waals surface area contributed by atoms with Crippen molar-refractivity contribution in [2.24, 2.45) is 0 Å². The number of alkyl halides is 1. The summed E-state index contributed by atoms with van der Waals surface area (Å²) in [6.07, 6.45) is -0.510. The van der Waals surface area contributed by atoms with Gasteiger partial charge in [-0.1, -0.05) is 22.9 Å². The molecule has 0 aliphatic heterocycles. The number of hydrogen-bond donors (Lipinski definition) is 0. The summed E-state index contributed by atoms with van der Waals surface area (Å²) < 4.78 is 65.1. The van der Waals surface area contributed by atoms with Crippen LogP contribution < -0.4 is 0 Å². The predicted molar refractivity (Wildman–Crippen MR) is 57.9 cm³/mol. The quantitative estimate of drug-likeness (QED) is 0.356. The summed E-state index contributed by atoms with van der Waals surface area (Å²) in [5, 5.41) is 0. The third-order valence-electron chi connectivity index (χ3n) is 2.38. The minimum absolute atomic E-state index is 0.0886. The van der Waals surface area contributed by atoms with E-state index in [9.17, 15) is 26.7 Å². The van der Waals surface area contributed by atoms with Gasteiger partial charge in [0.2, 0.25) is 5.82 Å². The molecular formula is C11H8BrF5O. The number of hydrogen-bond acceptors (Lipinski definition) is 1. The Morgan fingerprint density at radius 3 is 1.78 bits per heavy atom. The highest BCUT2D eigenvalue weighted by atomic mass is 79.9. The number of Topliss-reactive ketones (excluding diaryl/α,β-unsaturated/α-hetero) is 1. The smallest absolute Gasteiger partial charge is 0.200 e. The first-order valence-electron chi connectivity index (χ1n) is 4.98. The van der Waals surface area contributed by atoms with Gasteiger partial charge in [-0.3, -0.25) is 4.79 Å². The fourth-order valence-corrected chi connectivity index (χ4v) is 1.99. The highest BCUT2D eigenvalue weighted by Gasteiger charge is 2.27. The number of carbonyl (C=O) groups excluding carboxylic acids is 1. The van der Waals surface area contributed by atoms with E-state index in [1.165, 1.54) is 6.92 Å². The van der Waals surface area contributed by atoms with Crippen molar-refractivity contribution in [2.45, 2.75) is 24.6 Å². The standard InChI is InChI=1S/C11H8BrF5O/c1-2-6(18)5(12)3-4-7(13)9(15)11(17)10(16)8(4)14/h5H,2-3H2,1H3. The van der Waals surface area contributed by atoms with Crippen molar-refractivity contribution in [1.82, 2.24) is 0 Å². The van der Waals surface area contributed by atoms with Crippen LogP contribution in [0.2, 0.25) is 0 Å². The number of carbonyl (C=O) groups is 1. The van der Waals surface area contributed by atoms with Gasteiger partial charge < -0.3 is 0 Å². The molecule has 0 spiro atoms. The molecule has 100 valence electrons. The fraction of sp³-hybridized carbons (Fsp3) is 0.364. The lowest BCUT2D eigenvalue weighted by Gasteiger charge is -2.11. The van der Waals surface area contributed by atoms with Gasteiger partial charge in [-0.2, -0.15) is 0 Å². The van der Waals surface area contributed by atoms with Gasteiger partial charge in [-0.15, -0.1) is 0 Å². The first kappa shape index (κ1) is 15.1. The molecule has 0 aromatic heterocycles. The highest BCUT2D eigenvalue weighted by molar-refractivity contribution is 9.10. The van der Waals surface area contributed by atoms with E-state index in [0.717, 1.165) is 0 Å². The summed E-state index contributed by atoms with van der Waals surface area (Å²) >= 11 is 2.85. The summed E-state index contributed by atoms with van der Waals surface area (Å²) in [7, 11) is 0. The molecule has 0 saturated carbocycles. The maximum Gasteiger partial charge on any atom is 0.200 e. The highest BCUT2D eigenvalue weighted by Crippen LogP contribution is 2.25. The van der Waals surface area contributed by atoms with Crippen LogP contribution in [0.1, 0.15) is 18.9 Å². The van der Waals surface area contributed by atoms with Crippen molar-refractivity contribution in [3.63, 3.8) is 0 Å². The summed E-state index contributed by atoms with van der Waals surface area (Å²) in [5.74, 6) is -10.4. The van der Waals surface area contributed by atoms with E-state index in [0.29, 0.717) is 0 Å². The Labute approximate surface area is 108 Å². The molecule has 0 aliphatic rings. The fourth-order valence-electron chi connectivity index (χ4n) is 1.34. The zero-order valence-corrected chi connectivity index (χ0v) is 10.8. The Kier molecular flexibility index (Phi) is 4.84. The first-order chi connectivity index (χ1) is 8.31. The average Bonchev–Trinajstić information content (AvgIpc) is 2.37. The van der Waals surface area contributed by atoms with E-state index in [4.69, 9.17) is 0 Å². The third kappa shape index (κ3) is 2.71. The second-order valence-corrected chi connectivity index (χ2v) is 4.65. The molecule has 0 amide bonds. The van der Waals surface area contributed by atoms with E-state index in [1.807, 2.05) is 0 Å². The monoisotopic (exact) mass is 330 g/mol. The molecule has 1 atom stereocenters. The van der Waals surface area contributed by atoms with Crippen molar-refractivity contribution >= 4 is 21.7 Å². The Bertz CT molecular complexity index is 460. The molecule has 18 heavy (non-hydrogen) atoms. The maximum atomic E-state index is 13.3. The number of rotatable bonds is 4. The molecule has 1 nitrogen and oxygen atoms in total. The molecule has 1 aromatic rings. The SMILES string of the molecule is CCC(=O)C(Br)Cc1c(F)c(F)c(F)c(F)c1F. The molecule has 0 aliphatic carbocycles. The van der Waals surface area contributed by atoms with Crippen molar-refractivity contribution in [3.8, 4) is 0 Å². The Hall–Kier alpha value is -0.980. The predicted octanol–water partition coefficient (Wildman–Crippen LogP) is 3.67. The van der Waals surface area contributed by atoms with Crippen LogP contribution in [0.15, 0.2) is 0 Å². The summed E-state index contributed by atoms with van der Waals surface area (Å²) in [6.45, 7) is 1.52. The lowest BCUT2D eigenvalue weighted by molar-refractivity contribution is -0.118. The van der Waals surface area contributed by atoms with Crippen LogP contribution in [-0.2, 0) is 11.2 Å². The van der Waals surface area contributed by atoms with Crippen LogP contribution in [0, 0.1) is 29.1 Å². The van der Waals surface area contributed by atoms with Crippen LogP contribution in [-0.4, -0.2) is 10.6 Å². The van der Waals surface area contributed by atoms with Gasteiger partial charge in [0.25, 0.3) is 0 Å². The lowest BCUT2D eigenvalue weighted by atomic mass is 10.0. The van der Waals surface area contributed by atoms with Crippen LogP contribution >= 0.6 is 15.9 Å². The normalized spacial score (nSPS) is 12.6. The van der Waals surface area contributed by atoms with Crippen molar-refractivity contribution in [1.29, 1.82) is 0 Å². The van der Waals surface area contributed by atoms with E-state index in [-0.39, 0.29) is 12.2 Å². The largest absolute Gasteiger partial charge is 0.298 e. The molecule has 0 bridgehead atoms. The van der Waals surface area contributed by atoms with E-state index < -0.39 is 45.9 Å². The van der Waals surface area contributed by atoms with Crippen molar-refractivity contribution in [2.75, 3.05) is 0 Å². The first-order valence-corrected chi connectivity index (χ1v) is 5.89. The lowest BCUT2D eigenvalue weighted by Crippen LogP contribution is -2.19. The van der Waals surface area contributed by atoms with Gasteiger partial charge in [-0.25, -0.2) is 22.0 Å². The molecule has 1 rings (SSSR count). The van der Waals surface area contributed by atoms with Crippen molar-refractivity contribution in [3.05, 3.63) is 34.6 Å². The van der Waals surface area contributed by atoms with Gasteiger partial charge in [0, 0.05) is 12.0 Å². The average molecular weight is 331 g/mol. The van der Waals surface area contributed by atoms with E-state index in [1.54, 1.807) is 0 Å². The number of halogens is 6. The second-order valence-electron chi connectivity index (χ2n) is 3.54. The minimum atomic E-state index is -2.21. The van der Waals surface area contributed by atoms with E-state index in [2.05, 4.69) is 15.9 Å². The van der Waals surface area contributed by atoms with Crippen LogP contribution in [0.4, 0.5) is 22.0 Å². The molecular weight excluding hydrogens is 323 g/mol. The Balaban J connectivity index is 3.22. The second kappa shape index (κ2) is 5.77. The topological polar surface area (TPSA) is 17.1 Å². The Morgan fingerprint density at radius 2 is 1.39 bits per heavy atom. The van der Waals surface area contributed by atoms with Crippen LogP contribution in [0.25, 0.3) is 0 Å².